The Kier molecular flexibility index (Phi) is 6.95. The first-order valence-corrected chi connectivity index (χ1v) is 12.4. The van der Waals surface area contributed by atoms with Gasteiger partial charge in [-0.1, -0.05) is 41.9 Å². The summed E-state index contributed by atoms with van der Waals surface area (Å²) in [4.78, 5) is 29.3. The van der Waals surface area contributed by atoms with Crippen LogP contribution in [0.5, 0.6) is 0 Å². The second kappa shape index (κ2) is 10.4. The predicted octanol–water partition coefficient (Wildman–Crippen LogP) is 4.15. The van der Waals surface area contributed by atoms with Crippen LogP contribution in [-0.4, -0.2) is 53.1 Å². The third kappa shape index (κ3) is 5.46. The van der Waals surface area contributed by atoms with E-state index in [0.717, 1.165) is 43.0 Å². The highest BCUT2D eigenvalue weighted by Gasteiger charge is 2.33. The van der Waals surface area contributed by atoms with Gasteiger partial charge in [0.1, 0.15) is 0 Å². The van der Waals surface area contributed by atoms with E-state index in [-0.39, 0.29) is 17.7 Å². The van der Waals surface area contributed by atoms with Crippen LogP contribution in [0.1, 0.15) is 29.9 Å². The molecule has 0 atom stereocenters. The van der Waals surface area contributed by atoms with Crippen molar-refractivity contribution in [3.05, 3.63) is 83.0 Å². The van der Waals surface area contributed by atoms with Gasteiger partial charge < -0.3 is 15.1 Å². The van der Waals surface area contributed by atoms with Crippen molar-refractivity contribution in [2.45, 2.75) is 25.2 Å². The minimum absolute atomic E-state index is 0.0308. The van der Waals surface area contributed by atoms with Gasteiger partial charge >= 0.3 is 0 Å². The van der Waals surface area contributed by atoms with Crippen molar-refractivity contribution in [2.24, 2.45) is 5.92 Å². The van der Waals surface area contributed by atoms with Crippen molar-refractivity contribution >= 4 is 34.9 Å². The average molecular weight is 490 g/mol. The third-order valence-corrected chi connectivity index (χ3v) is 7.30. The van der Waals surface area contributed by atoms with Gasteiger partial charge in [0.2, 0.25) is 11.8 Å². The zero-order chi connectivity index (χ0) is 24.2. The molecular weight excluding hydrogens is 462 g/mol. The Hall–Kier alpha value is -3.45. The van der Waals surface area contributed by atoms with Crippen molar-refractivity contribution < 1.29 is 9.59 Å². The van der Waals surface area contributed by atoms with E-state index in [4.69, 9.17) is 11.6 Å². The number of carbonyl (C=O) groups excluding carboxylic acids is 2. The quantitative estimate of drug-likeness (QED) is 0.562. The van der Waals surface area contributed by atoms with Crippen LogP contribution in [0.25, 0.3) is 0 Å². The summed E-state index contributed by atoms with van der Waals surface area (Å²) >= 11 is 6.21. The van der Waals surface area contributed by atoms with Gasteiger partial charge in [-0.25, -0.2) is 0 Å². The molecule has 180 valence electrons. The lowest BCUT2D eigenvalue weighted by Crippen LogP contribution is -2.52. The molecule has 0 aliphatic carbocycles. The normalized spacial score (nSPS) is 16.6. The number of nitrogens with zero attached hydrogens (tertiary/aromatic N) is 4. The van der Waals surface area contributed by atoms with Crippen LogP contribution < -0.4 is 10.2 Å². The Morgan fingerprint density at radius 3 is 2.40 bits per heavy atom. The number of likely N-dealkylation sites (tertiary alicyclic amines) is 1. The number of amides is 2. The van der Waals surface area contributed by atoms with Crippen molar-refractivity contribution in [1.29, 1.82) is 0 Å². The van der Waals surface area contributed by atoms with Crippen molar-refractivity contribution in [1.82, 2.24) is 15.1 Å². The van der Waals surface area contributed by atoms with Gasteiger partial charge in [-0.05, 0) is 60.2 Å². The fraction of sp³-hybridized carbons (Fsp3) is 0.333. The lowest BCUT2D eigenvalue weighted by atomic mass is 9.89. The molecule has 35 heavy (non-hydrogen) atoms. The summed E-state index contributed by atoms with van der Waals surface area (Å²) in [5.74, 6) is 1.32. The number of piperidine rings is 1. The maximum absolute atomic E-state index is 12.7. The molecule has 0 saturated carbocycles. The smallest absolute Gasteiger partial charge is 0.231 e. The van der Waals surface area contributed by atoms with Gasteiger partial charge in [-0.15, -0.1) is 5.10 Å². The highest BCUT2D eigenvalue weighted by atomic mass is 35.5. The van der Waals surface area contributed by atoms with E-state index in [9.17, 15) is 9.59 Å². The van der Waals surface area contributed by atoms with Crippen LogP contribution in [0, 0.1) is 5.92 Å². The first-order valence-electron chi connectivity index (χ1n) is 12.0. The summed E-state index contributed by atoms with van der Waals surface area (Å²) in [6, 6.07) is 19.4. The van der Waals surface area contributed by atoms with Gasteiger partial charge in [0, 0.05) is 43.1 Å². The van der Waals surface area contributed by atoms with E-state index < -0.39 is 0 Å². The molecule has 5 rings (SSSR count). The molecule has 0 spiro atoms. The van der Waals surface area contributed by atoms with Gasteiger partial charge in [0.05, 0.1) is 12.3 Å². The monoisotopic (exact) mass is 489 g/mol. The molecule has 2 amide bonds. The molecule has 0 radical (unpaired) electrons. The van der Waals surface area contributed by atoms with E-state index in [2.05, 4.69) is 27.6 Å². The SMILES string of the molecule is O=C(Nc1ccc(C2CCN(C(=O)Cc3ccccc3Cl)CC2)cc1)C1CN(c2cccnn2)C1. The van der Waals surface area contributed by atoms with E-state index in [1.165, 1.54) is 5.56 Å². The first-order chi connectivity index (χ1) is 17.1. The Morgan fingerprint density at radius 1 is 0.971 bits per heavy atom. The second-order valence-corrected chi connectivity index (χ2v) is 9.63. The minimum atomic E-state index is -0.0516. The molecule has 0 bridgehead atoms. The molecule has 0 unspecified atom stereocenters. The number of aromatic nitrogens is 2. The lowest BCUT2D eigenvalue weighted by Gasteiger charge is -2.38. The number of anilines is 2. The fourth-order valence-corrected chi connectivity index (χ4v) is 4.96. The third-order valence-electron chi connectivity index (χ3n) is 6.93. The lowest BCUT2D eigenvalue weighted by molar-refractivity contribution is -0.131. The summed E-state index contributed by atoms with van der Waals surface area (Å²) in [6.45, 7) is 2.79. The molecule has 8 heteroatoms. The number of nitrogens with one attached hydrogen (secondary N) is 1. The first kappa shape index (κ1) is 23.3. The zero-order valence-corrected chi connectivity index (χ0v) is 20.2. The van der Waals surface area contributed by atoms with Crippen LogP contribution in [-0.2, 0) is 16.0 Å². The second-order valence-electron chi connectivity index (χ2n) is 9.22. The van der Waals surface area contributed by atoms with Crippen molar-refractivity contribution in [3.63, 3.8) is 0 Å². The Bertz CT molecular complexity index is 1170. The van der Waals surface area contributed by atoms with Crippen LogP contribution in [0.2, 0.25) is 5.02 Å². The molecule has 2 aliphatic rings. The molecule has 1 aromatic heterocycles. The van der Waals surface area contributed by atoms with Crippen LogP contribution in [0.3, 0.4) is 0 Å². The summed E-state index contributed by atoms with van der Waals surface area (Å²) in [5, 5.41) is 11.6. The zero-order valence-electron chi connectivity index (χ0n) is 19.4. The largest absolute Gasteiger partial charge is 0.353 e. The summed E-state index contributed by atoms with van der Waals surface area (Å²) < 4.78 is 0. The topological polar surface area (TPSA) is 78.4 Å². The molecule has 1 N–H and O–H groups in total. The van der Waals surface area contributed by atoms with Gasteiger partial charge in [-0.2, -0.15) is 5.10 Å². The number of hydrogen-bond donors (Lipinski definition) is 1. The Morgan fingerprint density at radius 2 is 1.71 bits per heavy atom. The van der Waals surface area contributed by atoms with Crippen molar-refractivity contribution in [2.75, 3.05) is 36.4 Å². The summed E-state index contributed by atoms with van der Waals surface area (Å²) in [5.41, 5.74) is 2.94. The Labute approximate surface area is 210 Å². The van der Waals surface area contributed by atoms with Crippen molar-refractivity contribution in [3.8, 4) is 0 Å². The molecule has 2 aromatic carbocycles. The molecule has 3 aromatic rings. The minimum Gasteiger partial charge on any atom is -0.353 e. The van der Waals surface area contributed by atoms with Crippen LogP contribution in [0.15, 0.2) is 66.9 Å². The molecular formula is C27H28ClN5O2. The average Bonchev–Trinajstić information content (AvgIpc) is 2.86. The molecule has 7 nitrogen and oxygen atoms in total. The summed E-state index contributed by atoms with van der Waals surface area (Å²) in [6.07, 6.45) is 3.85. The van der Waals surface area contributed by atoms with Crippen LogP contribution >= 0.6 is 11.6 Å². The highest BCUT2D eigenvalue weighted by Crippen LogP contribution is 2.30. The number of hydrogen-bond acceptors (Lipinski definition) is 5. The fourth-order valence-electron chi connectivity index (χ4n) is 4.76. The molecule has 2 aliphatic heterocycles. The maximum Gasteiger partial charge on any atom is 0.231 e. The number of rotatable bonds is 6. The predicted molar refractivity (Wildman–Crippen MR) is 137 cm³/mol. The standard InChI is InChI=1S/C27H28ClN5O2/c28-24-5-2-1-4-21(24)16-26(34)32-14-11-20(12-15-32)19-7-9-23(10-8-19)30-27(35)22-17-33(18-22)25-6-3-13-29-31-25/h1-10,13,20,22H,11-12,14-18H2,(H,30,35). The summed E-state index contributed by atoms with van der Waals surface area (Å²) in [7, 11) is 0. The Balaban J connectivity index is 1.08. The van der Waals surface area contributed by atoms with E-state index >= 15 is 0 Å². The number of halogens is 1. The molecule has 2 saturated heterocycles. The van der Waals surface area contributed by atoms with E-state index in [0.29, 0.717) is 30.5 Å². The van der Waals surface area contributed by atoms with Gasteiger partial charge in [-0.3, -0.25) is 9.59 Å². The van der Waals surface area contributed by atoms with Gasteiger partial charge in [0.15, 0.2) is 5.82 Å². The number of carbonyl (C=O) groups is 2. The molecule has 2 fully saturated rings. The van der Waals surface area contributed by atoms with Crippen LogP contribution in [0.4, 0.5) is 11.5 Å². The van der Waals surface area contributed by atoms with E-state index in [1.807, 2.05) is 58.3 Å². The molecule has 3 heterocycles. The maximum atomic E-state index is 12.7. The van der Waals surface area contributed by atoms with E-state index in [1.54, 1.807) is 6.20 Å². The highest BCUT2D eigenvalue weighted by molar-refractivity contribution is 6.31. The number of benzene rings is 2. The van der Waals surface area contributed by atoms with Gasteiger partial charge in [0.25, 0.3) is 0 Å².